The summed E-state index contributed by atoms with van der Waals surface area (Å²) in [6, 6.07) is 7.48. The van der Waals surface area contributed by atoms with Crippen LogP contribution in [0, 0.1) is 0 Å². The van der Waals surface area contributed by atoms with Gasteiger partial charge in [-0.3, -0.25) is 9.59 Å². The molecule has 7 heteroatoms. The first-order valence-electron chi connectivity index (χ1n) is 7.58. The van der Waals surface area contributed by atoms with E-state index in [2.05, 4.69) is 5.32 Å². The number of carbonyl (C=O) groups excluding carboxylic acids is 2. The van der Waals surface area contributed by atoms with Crippen molar-refractivity contribution >= 4 is 11.8 Å². The van der Waals surface area contributed by atoms with Crippen molar-refractivity contribution in [3.63, 3.8) is 0 Å². The number of aliphatic hydroxyl groups is 1. The van der Waals surface area contributed by atoms with Crippen LogP contribution >= 0.6 is 0 Å². The average Bonchev–Trinajstić information content (AvgIpc) is 2.52. The van der Waals surface area contributed by atoms with Gasteiger partial charge in [0.25, 0.3) is 5.91 Å². The zero-order valence-electron chi connectivity index (χ0n) is 13.2. The van der Waals surface area contributed by atoms with Gasteiger partial charge in [0.2, 0.25) is 5.91 Å². The van der Waals surface area contributed by atoms with Gasteiger partial charge in [0.1, 0.15) is 5.75 Å². The molecule has 0 radical (unpaired) electrons. The molecule has 2 amide bonds. The third-order valence-corrected chi connectivity index (χ3v) is 3.93. The van der Waals surface area contributed by atoms with Crippen LogP contribution in [0.5, 0.6) is 5.75 Å². The summed E-state index contributed by atoms with van der Waals surface area (Å²) in [5.41, 5.74) is 4.50. The van der Waals surface area contributed by atoms with Gasteiger partial charge >= 0.3 is 0 Å². The number of hydrogen-bond donors (Lipinski definition) is 3. The van der Waals surface area contributed by atoms with Crippen molar-refractivity contribution in [2.45, 2.75) is 25.0 Å². The van der Waals surface area contributed by atoms with Gasteiger partial charge in [-0.15, -0.1) is 0 Å². The minimum atomic E-state index is -1.49. The van der Waals surface area contributed by atoms with Crippen LogP contribution in [0.15, 0.2) is 24.3 Å². The van der Waals surface area contributed by atoms with E-state index in [1.54, 1.807) is 12.0 Å². The van der Waals surface area contributed by atoms with Crippen molar-refractivity contribution in [3.8, 4) is 5.75 Å². The van der Waals surface area contributed by atoms with Crippen molar-refractivity contribution in [1.29, 1.82) is 0 Å². The Bertz CT molecular complexity index is 578. The molecule has 1 aromatic carbocycles. The van der Waals surface area contributed by atoms with Crippen molar-refractivity contribution < 1.29 is 19.4 Å². The van der Waals surface area contributed by atoms with Crippen LogP contribution in [0.1, 0.15) is 18.4 Å². The van der Waals surface area contributed by atoms with Gasteiger partial charge < -0.3 is 25.8 Å². The fourth-order valence-electron chi connectivity index (χ4n) is 2.76. The predicted molar refractivity (Wildman–Crippen MR) is 84.7 cm³/mol. The Kier molecular flexibility index (Phi) is 5.57. The maximum atomic E-state index is 12.6. The normalized spacial score (nSPS) is 21.3. The summed E-state index contributed by atoms with van der Waals surface area (Å²) in [7, 11) is 1.59. The summed E-state index contributed by atoms with van der Waals surface area (Å²) < 4.78 is 5.18. The molecule has 0 bridgehead atoms. The lowest BCUT2D eigenvalue weighted by atomic mass is 9.91. The van der Waals surface area contributed by atoms with Gasteiger partial charge in [-0.25, -0.2) is 0 Å². The van der Waals surface area contributed by atoms with Crippen LogP contribution in [-0.4, -0.2) is 54.2 Å². The minimum Gasteiger partial charge on any atom is -0.497 e. The third kappa shape index (κ3) is 4.43. The van der Waals surface area contributed by atoms with E-state index < -0.39 is 11.5 Å². The smallest absolute Gasteiger partial charge is 0.256 e. The Morgan fingerprint density at radius 1 is 1.52 bits per heavy atom. The number of nitrogens with one attached hydrogen (secondary N) is 1. The summed E-state index contributed by atoms with van der Waals surface area (Å²) >= 11 is 0. The van der Waals surface area contributed by atoms with Crippen LogP contribution in [0.2, 0.25) is 0 Å². The second-order valence-electron chi connectivity index (χ2n) is 5.78. The maximum Gasteiger partial charge on any atom is 0.256 e. The Hall–Kier alpha value is -2.12. The summed E-state index contributed by atoms with van der Waals surface area (Å²) in [6.45, 7) is 0.956. The molecule has 1 heterocycles. The standard InChI is InChI=1S/C16H23N3O4/c1-23-13-5-2-4-12(8-13)10-19-7-3-6-16(22,15(19)21)11-18-9-14(17)20/h2,4-5,8,18,22H,3,6-7,9-11H2,1H3,(H2,17,20)/t16-/m0/s1. The van der Waals surface area contributed by atoms with Crippen LogP contribution in [0.25, 0.3) is 0 Å². The van der Waals surface area contributed by atoms with E-state index >= 15 is 0 Å². The number of likely N-dealkylation sites (tertiary alicyclic amines) is 1. The van der Waals surface area contributed by atoms with E-state index in [0.717, 1.165) is 11.3 Å². The largest absolute Gasteiger partial charge is 0.497 e. The van der Waals surface area contributed by atoms with Crippen LogP contribution in [0.3, 0.4) is 0 Å². The number of carbonyl (C=O) groups is 2. The number of methoxy groups -OCH3 is 1. The number of primary amides is 1. The summed E-state index contributed by atoms with van der Waals surface area (Å²) in [4.78, 5) is 25.0. The summed E-state index contributed by atoms with van der Waals surface area (Å²) in [5.74, 6) is -0.126. The van der Waals surface area contributed by atoms with Gasteiger partial charge in [0, 0.05) is 19.6 Å². The maximum absolute atomic E-state index is 12.6. The molecule has 0 saturated carbocycles. The molecular formula is C16H23N3O4. The van der Waals surface area contributed by atoms with E-state index in [9.17, 15) is 14.7 Å². The van der Waals surface area contributed by atoms with Gasteiger partial charge in [-0.2, -0.15) is 0 Å². The number of nitrogens with zero attached hydrogens (tertiary/aromatic N) is 1. The van der Waals surface area contributed by atoms with E-state index in [1.807, 2.05) is 24.3 Å². The SMILES string of the molecule is COc1cccc(CN2CCC[C@](O)(CNCC(N)=O)C2=O)c1. The number of nitrogens with two attached hydrogens (primary N) is 1. The molecule has 7 nitrogen and oxygen atoms in total. The molecule has 4 N–H and O–H groups in total. The molecule has 23 heavy (non-hydrogen) atoms. The number of benzene rings is 1. The van der Waals surface area contributed by atoms with Gasteiger partial charge in [-0.05, 0) is 30.5 Å². The van der Waals surface area contributed by atoms with Gasteiger partial charge in [-0.1, -0.05) is 12.1 Å². The number of rotatable bonds is 7. The first-order chi connectivity index (χ1) is 10.9. The average molecular weight is 321 g/mol. The molecule has 1 saturated heterocycles. The topological polar surface area (TPSA) is 105 Å². The third-order valence-electron chi connectivity index (χ3n) is 3.93. The number of piperidine rings is 1. The van der Waals surface area contributed by atoms with Crippen molar-refractivity contribution in [2.75, 3.05) is 26.7 Å². The highest BCUT2D eigenvalue weighted by molar-refractivity contribution is 5.86. The lowest BCUT2D eigenvalue weighted by Crippen LogP contribution is -2.58. The second kappa shape index (κ2) is 7.43. The molecule has 1 aliphatic rings. The van der Waals surface area contributed by atoms with E-state index in [-0.39, 0.29) is 19.0 Å². The molecule has 1 aromatic rings. The molecule has 0 unspecified atom stereocenters. The summed E-state index contributed by atoms with van der Waals surface area (Å²) in [6.07, 6.45) is 1.07. The van der Waals surface area contributed by atoms with E-state index in [4.69, 9.17) is 10.5 Å². The molecule has 0 aromatic heterocycles. The van der Waals surface area contributed by atoms with Gasteiger partial charge in [0.15, 0.2) is 5.60 Å². The molecule has 2 rings (SSSR count). The highest BCUT2D eigenvalue weighted by Crippen LogP contribution is 2.24. The van der Waals surface area contributed by atoms with Crippen LogP contribution in [0.4, 0.5) is 0 Å². The molecular weight excluding hydrogens is 298 g/mol. The predicted octanol–water partition coefficient (Wildman–Crippen LogP) is -0.376. The lowest BCUT2D eigenvalue weighted by Gasteiger charge is -2.38. The lowest BCUT2D eigenvalue weighted by molar-refractivity contribution is -0.157. The van der Waals surface area contributed by atoms with E-state index in [1.165, 1.54) is 0 Å². The Labute approximate surface area is 135 Å². The zero-order valence-corrected chi connectivity index (χ0v) is 13.2. The fraction of sp³-hybridized carbons (Fsp3) is 0.500. The molecule has 1 fully saturated rings. The Balaban J connectivity index is 2.02. The molecule has 0 spiro atoms. The van der Waals surface area contributed by atoms with Crippen molar-refractivity contribution in [3.05, 3.63) is 29.8 Å². The van der Waals surface area contributed by atoms with E-state index in [0.29, 0.717) is 25.9 Å². The highest BCUT2D eigenvalue weighted by Gasteiger charge is 2.41. The highest BCUT2D eigenvalue weighted by atomic mass is 16.5. The molecule has 1 aliphatic heterocycles. The van der Waals surface area contributed by atoms with Gasteiger partial charge in [0.05, 0.1) is 13.7 Å². The van der Waals surface area contributed by atoms with Crippen LogP contribution < -0.4 is 15.8 Å². The first kappa shape index (κ1) is 17.2. The van der Waals surface area contributed by atoms with Crippen molar-refractivity contribution in [2.24, 2.45) is 5.73 Å². The quantitative estimate of drug-likeness (QED) is 0.635. The first-order valence-corrected chi connectivity index (χ1v) is 7.58. The second-order valence-corrected chi connectivity index (χ2v) is 5.78. The Morgan fingerprint density at radius 3 is 3.00 bits per heavy atom. The molecule has 0 aliphatic carbocycles. The summed E-state index contributed by atoms with van der Waals surface area (Å²) in [5, 5.41) is 13.3. The molecule has 1 atom stereocenters. The number of ether oxygens (including phenoxy) is 1. The monoisotopic (exact) mass is 321 g/mol. The molecule has 126 valence electrons. The van der Waals surface area contributed by atoms with Crippen molar-refractivity contribution in [1.82, 2.24) is 10.2 Å². The fourth-order valence-corrected chi connectivity index (χ4v) is 2.76. The minimum absolute atomic E-state index is 0.0172. The number of amides is 2. The number of hydrogen-bond acceptors (Lipinski definition) is 5. The zero-order chi connectivity index (χ0) is 16.9. The Morgan fingerprint density at radius 2 is 2.30 bits per heavy atom. The van der Waals surface area contributed by atoms with Crippen LogP contribution in [-0.2, 0) is 16.1 Å².